The number of carbonyl (C=O) groups is 4. The number of rotatable bonds is 10. The fourth-order valence-corrected chi connectivity index (χ4v) is 8.68. The number of likely N-dealkylation sites (tertiary alicyclic amines) is 2. The van der Waals surface area contributed by atoms with E-state index in [1.54, 1.807) is 22.2 Å². The number of aryl methyl sites for hydroxylation is 1. The number of hydrogen-bond donors (Lipinski definition) is 4. The second-order valence-electron chi connectivity index (χ2n) is 15.5. The van der Waals surface area contributed by atoms with Crippen LogP contribution in [-0.2, 0) is 19.1 Å². The molecule has 2 unspecified atom stereocenters. The number of ether oxygens (including phenoxy) is 2. The third-order valence-electron chi connectivity index (χ3n) is 11.9. The molecule has 15 nitrogen and oxygen atoms in total. The highest BCUT2D eigenvalue weighted by Gasteiger charge is 2.46. The minimum atomic E-state index is -0.933. The molecule has 4 aliphatic rings. The number of benzene rings is 2. The van der Waals surface area contributed by atoms with Crippen LogP contribution in [0.3, 0.4) is 0 Å². The summed E-state index contributed by atoms with van der Waals surface area (Å²) in [5.74, 6) is 0.966. The third kappa shape index (κ3) is 6.34. The number of H-pyrrole nitrogens is 2. The molecule has 3 aromatic heterocycles. The number of carbonyl (C=O) groups excluding carboxylic acids is 4. The summed E-state index contributed by atoms with van der Waals surface area (Å²) in [5.41, 5.74) is 17.7. The van der Waals surface area contributed by atoms with Crippen LogP contribution in [0.15, 0.2) is 41.1 Å². The zero-order valence-corrected chi connectivity index (χ0v) is 30.8. The lowest BCUT2D eigenvalue weighted by molar-refractivity contribution is -0.143. The van der Waals surface area contributed by atoms with Gasteiger partial charge in [0.25, 0.3) is 11.8 Å². The standard InChI is InChI=1S/C40H44N8O7/c1-19-20(2)32-24-12-11-23(26-17-43-35(45-26)28-5-3-13-47(28)37(49)33(21-7-8-21)54-39(41)51)15-30(24)53-31(32)16-25(19)27-18-44-36(46-27)29-6-4-14-48(29)38(50)34(22-9-10-22)55-40(42)52/h11-12,15-18,21-22,28-29,33-34H,3-10,13-14H2,1-2H3,(H2,41,51)(H2,42,52)(H,43,45)(H,44,46)/t28?,29?,33-,34-/m0/s1. The molecule has 4 fully saturated rings. The molecule has 2 saturated heterocycles. The molecular formula is C40H44N8O7. The molecule has 2 aliphatic heterocycles. The van der Waals surface area contributed by atoms with E-state index in [1.165, 1.54) is 0 Å². The molecular weight excluding hydrogens is 704 g/mol. The first-order valence-corrected chi connectivity index (χ1v) is 19.2. The van der Waals surface area contributed by atoms with Crippen molar-refractivity contribution in [3.05, 3.63) is 59.4 Å². The van der Waals surface area contributed by atoms with Gasteiger partial charge in [-0.15, -0.1) is 0 Å². The van der Waals surface area contributed by atoms with E-state index in [2.05, 4.69) is 34.9 Å². The van der Waals surface area contributed by atoms with Crippen molar-refractivity contribution in [2.45, 2.75) is 89.5 Å². The summed E-state index contributed by atoms with van der Waals surface area (Å²) in [5, 5.41) is 2.03. The van der Waals surface area contributed by atoms with Gasteiger partial charge in [0.15, 0.2) is 12.2 Å². The highest BCUT2D eigenvalue weighted by molar-refractivity contribution is 6.09. The van der Waals surface area contributed by atoms with Crippen LogP contribution in [0, 0.1) is 25.7 Å². The molecule has 2 aromatic carbocycles. The number of nitrogens with one attached hydrogen (secondary N) is 2. The van der Waals surface area contributed by atoms with Crippen LogP contribution in [0.1, 0.15) is 86.2 Å². The fraction of sp³-hybridized carbons (Fsp3) is 0.450. The van der Waals surface area contributed by atoms with Gasteiger partial charge in [0.05, 0.1) is 35.9 Å². The maximum Gasteiger partial charge on any atom is 0.405 e. The predicted octanol–water partition coefficient (Wildman–Crippen LogP) is 6.06. The summed E-state index contributed by atoms with van der Waals surface area (Å²) in [6.45, 7) is 5.29. The monoisotopic (exact) mass is 748 g/mol. The highest BCUT2D eigenvalue weighted by atomic mass is 16.6. The number of imidazole rings is 2. The maximum absolute atomic E-state index is 13.5. The van der Waals surface area contributed by atoms with Crippen molar-refractivity contribution in [3.63, 3.8) is 0 Å². The van der Waals surface area contributed by atoms with Crippen LogP contribution < -0.4 is 11.5 Å². The van der Waals surface area contributed by atoms with Gasteiger partial charge in [-0.1, -0.05) is 6.07 Å². The average molecular weight is 749 g/mol. The second-order valence-corrected chi connectivity index (χ2v) is 15.5. The van der Waals surface area contributed by atoms with Gasteiger partial charge in [0.2, 0.25) is 0 Å². The largest absolute Gasteiger partial charge is 0.456 e. The van der Waals surface area contributed by atoms with Crippen molar-refractivity contribution in [2.75, 3.05) is 13.1 Å². The van der Waals surface area contributed by atoms with Gasteiger partial charge in [-0.05, 0) is 94.5 Å². The first-order valence-electron chi connectivity index (χ1n) is 19.2. The van der Waals surface area contributed by atoms with E-state index in [4.69, 9.17) is 30.3 Å². The molecule has 2 aliphatic carbocycles. The number of primary amides is 2. The Balaban J connectivity index is 0.967. The van der Waals surface area contributed by atoms with Gasteiger partial charge >= 0.3 is 12.2 Å². The lowest BCUT2D eigenvalue weighted by Gasteiger charge is -2.27. The Morgan fingerprint density at radius 3 is 1.84 bits per heavy atom. The van der Waals surface area contributed by atoms with Crippen molar-refractivity contribution in [3.8, 4) is 22.5 Å². The van der Waals surface area contributed by atoms with Gasteiger partial charge < -0.3 is 45.1 Å². The van der Waals surface area contributed by atoms with Gasteiger partial charge in [-0.2, -0.15) is 0 Å². The molecule has 55 heavy (non-hydrogen) atoms. The summed E-state index contributed by atoms with van der Waals surface area (Å²) in [6, 6.07) is 7.62. The van der Waals surface area contributed by atoms with Crippen LogP contribution in [0.5, 0.6) is 0 Å². The van der Waals surface area contributed by atoms with Gasteiger partial charge in [0.1, 0.15) is 22.8 Å². The number of aromatic nitrogens is 4. The summed E-state index contributed by atoms with van der Waals surface area (Å²) in [7, 11) is 0. The lowest BCUT2D eigenvalue weighted by Crippen LogP contribution is -2.43. The third-order valence-corrected chi connectivity index (χ3v) is 11.9. The number of fused-ring (bicyclic) bond motifs is 3. The molecule has 5 heterocycles. The van der Waals surface area contributed by atoms with E-state index in [0.29, 0.717) is 24.7 Å². The van der Waals surface area contributed by atoms with Crippen LogP contribution in [0.2, 0.25) is 0 Å². The first kappa shape index (κ1) is 34.9. The molecule has 9 rings (SSSR count). The van der Waals surface area contributed by atoms with E-state index >= 15 is 0 Å². The number of nitrogens with two attached hydrogens (primary N) is 2. The molecule has 286 valence electrons. The second kappa shape index (κ2) is 13.5. The van der Waals surface area contributed by atoms with Crippen LogP contribution >= 0.6 is 0 Å². The smallest absolute Gasteiger partial charge is 0.405 e. The lowest BCUT2D eigenvalue weighted by atomic mass is 9.96. The SMILES string of the molecule is Cc1c(-c2cnc(C3CCCN3C(=O)[C@@H](OC(N)=O)C3CC3)[nH]2)cc2oc3cc(-c4cnc(C5CCCN5C(=O)[C@@H](OC(N)=O)C5CC5)[nH]4)ccc3c2c1C. The number of nitrogens with zero attached hydrogens (tertiary/aromatic N) is 4. The Morgan fingerprint density at radius 1 is 0.745 bits per heavy atom. The predicted molar refractivity (Wildman–Crippen MR) is 200 cm³/mol. The Bertz CT molecular complexity index is 2350. The quantitative estimate of drug-likeness (QED) is 0.130. The minimum absolute atomic E-state index is 0.0136. The van der Waals surface area contributed by atoms with Crippen molar-refractivity contribution in [2.24, 2.45) is 23.3 Å². The molecule has 4 amide bonds. The number of hydrogen-bond acceptors (Lipinski definition) is 9. The number of aromatic amines is 2. The summed E-state index contributed by atoms with van der Waals surface area (Å²) < 4.78 is 17.0. The van der Waals surface area contributed by atoms with Gasteiger partial charge in [-0.3, -0.25) is 9.59 Å². The molecule has 0 bridgehead atoms. The Morgan fingerprint density at radius 2 is 1.29 bits per heavy atom. The van der Waals surface area contributed by atoms with Crippen molar-refractivity contribution in [1.82, 2.24) is 29.7 Å². The van der Waals surface area contributed by atoms with Crippen molar-refractivity contribution >= 4 is 45.9 Å². The molecule has 4 atom stereocenters. The zero-order chi connectivity index (χ0) is 38.1. The first-order chi connectivity index (χ1) is 26.5. The fourth-order valence-electron chi connectivity index (χ4n) is 8.68. The van der Waals surface area contributed by atoms with Crippen LogP contribution in [0.4, 0.5) is 9.59 Å². The topological polar surface area (TPSA) is 216 Å². The molecule has 0 spiro atoms. The summed E-state index contributed by atoms with van der Waals surface area (Å²) in [6.07, 6.45) is 6.48. The maximum atomic E-state index is 13.5. The minimum Gasteiger partial charge on any atom is -0.456 e. The molecule has 5 aromatic rings. The van der Waals surface area contributed by atoms with Crippen LogP contribution in [0.25, 0.3) is 44.5 Å². The Hall–Kier alpha value is -5.86. The number of furan rings is 1. The molecule has 15 heteroatoms. The van der Waals surface area contributed by atoms with Gasteiger partial charge in [-0.25, -0.2) is 19.6 Å². The molecule has 2 saturated carbocycles. The van der Waals surface area contributed by atoms with E-state index in [1.807, 2.05) is 18.2 Å². The molecule has 6 N–H and O–H groups in total. The van der Waals surface area contributed by atoms with E-state index in [9.17, 15) is 19.2 Å². The summed E-state index contributed by atoms with van der Waals surface area (Å²) in [4.78, 5) is 70.0. The Kier molecular flexibility index (Phi) is 8.54. The van der Waals surface area contributed by atoms with E-state index in [0.717, 1.165) is 107 Å². The van der Waals surface area contributed by atoms with E-state index < -0.39 is 24.4 Å². The summed E-state index contributed by atoms with van der Waals surface area (Å²) >= 11 is 0. The van der Waals surface area contributed by atoms with Crippen LogP contribution in [-0.4, -0.2) is 79.0 Å². The normalized spacial score (nSPS) is 21.0. The molecule has 0 radical (unpaired) electrons. The van der Waals surface area contributed by atoms with Gasteiger partial charge in [0, 0.05) is 46.8 Å². The van der Waals surface area contributed by atoms with Crippen molar-refractivity contribution < 1.29 is 33.1 Å². The zero-order valence-electron chi connectivity index (χ0n) is 30.8. The Labute approximate surface area is 316 Å². The van der Waals surface area contributed by atoms with Crippen molar-refractivity contribution in [1.29, 1.82) is 0 Å². The number of amides is 4. The highest BCUT2D eigenvalue weighted by Crippen LogP contribution is 2.42. The van der Waals surface area contributed by atoms with E-state index in [-0.39, 0.29) is 35.7 Å². The average Bonchev–Trinajstić information content (AvgIpc) is 3.78.